The second-order valence-electron chi connectivity index (χ2n) is 5.59. The summed E-state index contributed by atoms with van der Waals surface area (Å²) in [7, 11) is 0. The van der Waals surface area contributed by atoms with Crippen LogP contribution < -0.4 is 10.7 Å². The van der Waals surface area contributed by atoms with Gasteiger partial charge in [-0.2, -0.15) is 5.10 Å². The van der Waals surface area contributed by atoms with E-state index in [4.69, 9.17) is 0 Å². The highest BCUT2D eigenvalue weighted by Gasteiger charge is 2.14. The molecule has 2 aromatic carbocycles. The van der Waals surface area contributed by atoms with E-state index in [1.165, 1.54) is 11.3 Å². The van der Waals surface area contributed by atoms with Crippen LogP contribution in [-0.4, -0.2) is 18.0 Å². The second kappa shape index (κ2) is 8.22. The standard InChI is InChI=1S/C20H17N3O2S/c1-14-8-10-15(11-9-14)13-21-23-19(24)16-5-2-3-6-17(16)22-20(25)18-7-4-12-26-18/h2-13H,1H3,(H,22,25)(H,23,24)/b21-13-. The van der Waals surface area contributed by atoms with Crippen molar-refractivity contribution in [2.45, 2.75) is 6.92 Å². The lowest BCUT2D eigenvalue weighted by Crippen LogP contribution is -2.21. The van der Waals surface area contributed by atoms with Crippen molar-refractivity contribution in [2.75, 3.05) is 5.32 Å². The van der Waals surface area contributed by atoms with Gasteiger partial charge in [-0.05, 0) is 36.1 Å². The molecule has 0 radical (unpaired) electrons. The van der Waals surface area contributed by atoms with Gasteiger partial charge in [0.2, 0.25) is 0 Å². The quantitative estimate of drug-likeness (QED) is 0.530. The number of carbonyl (C=O) groups excluding carboxylic acids is 2. The van der Waals surface area contributed by atoms with Crippen LogP contribution in [-0.2, 0) is 0 Å². The van der Waals surface area contributed by atoms with E-state index >= 15 is 0 Å². The van der Waals surface area contributed by atoms with E-state index in [0.717, 1.165) is 11.1 Å². The Morgan fingerprint density at radius 1 is 0.962 bits per heavy atom. The van der Waals surface area contributed by atoms with E-state index < -0.39 is 5.91 Å². The smallest absolute Gasteiger partial charge is 0.273 e. The molecule has 3 aromatic rings. The van der Waals surface area contributed by atoms with Crippen molar-refractivity contribution in [1.29, 1.82) is 0 Å². The Balaban J connectivity index is 1.69. The van der Waals surface area contributed by atoms with Gasteiger partial charge in [0.15, 0.2) is 0 Å². The van der Waals surface area contributed by atoms with Gasteiger partial charge in [-0.25, -0.2) is 5.43 Å². The lowest BCUT2D eigenvalue weighted by Gasteiger charge is -2.09. The van der Waals surface area contributed by atoms with Crippen LogP contribution in [0.2, 0.25) is 0 Å². The van der Waals surface area contributed by atoms with Crippen LogP contribution in [0.4, 0.5) is 5.69 Å². The molecule has 0 spiro atoms. The third kappa shape index (κ3) is 4.43. The second-order valence-corrected chi connectivity index (χ2v) is 6.53. The number of thiophene rings is 1. The number of nitrogens with zero attached hydrogens (tertiary/aromatic N) is 1. The van der Waals surface area contributed by atoms with Crippen molar-refractivity contribution in [3.8, 4) is 0 Å². The summed E-state index contributed by atoms with van der Waals surface area (Å²) in [6, 6.07) is 18.1. The van der Waals surface area contributed by atoms with Crippen LogP contribution in [0.5, 0.6) is 0 Å². The van der Waals surface area contributed by atoms with E-state index in [-0.39, 0.29) is 5.91 Å². The molecular formula is C20H17N3O2S. The fourth-order valence-corrected chi connectivity index (χ4v) is 2.88. The van der Waals surface area contributed by atoms with E-state index in [1.54, 1.807) is 42.6 Å². The molecule has 1 heterocycles. The SMILES string of the molecule is Cc1ccc(/C=N\NC(=O)c2ccccc2NC(=O)c2cccs2)cc1. The zero-order valence-corrected chi connectivity index (χ0v) is 14.9. The van der Waals surface area contributed by atoms with Crippen LogP contribution in [0.3, 0.4) is 0 Å². The monoisotopic (exact) mass is 363 g/mol. The Labute approximate surface area is 155 Å². The Bertz CT molecular complexity index is 932. The maximum absolute atomic E-state index is 12.4. The molecule has 130 valence electrons. The largest absolute Gasteiger partial charge is 0.321 e. The van der Waals surface area contributed by atoms with Crippen molar-refractivity contribution in [3.63, 3.8) is 0 Å². The van der Waals surface area contributed by atoms with Gasteiger partial charge in [-0.3, -0.25) is 9.59 Å². The summed E-state index contributed by atoms with van der Waals surface area (Å²) in [6.45, 7) is 2.00. The Hall–Kier alpha value is -3.25. The number of hydrazone groups is 1. The summed E-state index contributed by atoms with van der Waals surface area (Å²) in [5.41, 5.74) is 5.32. The fraction of sp³-hybridized carbons (Fsp3) is 0.0500. The van der Waals surface area contributed by atoms with Gasteiger partial charge < -0.3 is 5.32 Å². The summed E-state index contributed by atoms with van der Waals surface area (Å²) >= 11 is 1.34. The first kappa shape index (κ1) is 17.6. The number of anilines is 1. The van der Waals surface area contributed by atoms with Gasteiger partial charge >= 0.3 is 0 Å². The van der Waals surface area contributed by atoms with Crippen LogP contribution in [0.25, 0.3) is 0 Å². The topological polar surface area (TPSA) is 70.6 Å². The molecule has 0 unspecified atom stereocenters. The molecule has 26 heavy (non-hydrogen) atoms. The van der Waals surface area contributed by atoms with Crippen LogP contribution >= 0.6 is 11.3 Å². The van der Waals surface area contributed by atoms with Gasteiger partial charge in [0.05, 0.1) is 22.3 Å². The number of amides is 2. The summed E-state index contributed by atoms with van der Waals surface area (Å²) in [5, 5.41) is 8.58. The molecule has 0 fully saturated rings. The third-order valence-corrected chi connectivity index (χ3v) is 4.49. The minimum Gasteiger partial charge on any atom is -0.321 e. The molecule has 0 aliphatic heterocycles. The first-order valence-corrected chi connectivity index (χ1v) is 8.85. The molecule has 0 saturated heterocycles. The summed E-state index contributed by atoms with van der Waals surface area (Å²) in [4.78, 5) is 25.2. The molecular weight excluding hydrogens is 346 g/mol. The summed E-state index contributed by atoms with van der Waals surface area (Å²) in [5.74, 6) is -0.640. The van der Waals surface area contributed by atoms with Crippen LogP contribution in [0, 0.1) is 6.92 Å². The predicted octanol–water partition coefficient (Wildman–Crippen LogP) is 4.07. The molecule has 1 aromatic heterocycles. The molecule has 5 nitrogen and oxygen atoms in total. The lowest BCUT2D eigenvalue weighted by atomic mass is 10.1. The minimum atomic E-state index is -0.393. The average molecular weight is 363 g/mol. The number of benzene rings is 2. The number of carbonyl (C=O) groups is 2. The third-order valence-electron chi connectivity index (χ3n) is 3.62. The number of aryl methyl sites for hydroxylation is 1. The zero-order valence-electron chi connectivity index (χ0n) is 14.1. The predicted molar refractivity (Wildman–Crippen MR) is 105 cm³/mol. The van der Waals surface area contributed by atoms with Crippen molar-refractivity contribution in [2.24, 2.45) is 5.10 Å². The number of hydrogen-bond acceptors (Lipinski definition) is 4. The van der Waals surface area contributed by atoms with Gasteiger partial charge in [0.1, 0.15) is 0 Å². The van der Waals surface area contributed by atoms with Crippen LogP contribution in [0.15, 0.2) is 71.1 Å². The molecule has 0 saturated carbocycles. The Morgan fingerprint density at radius 2 is 1.73 bits per heavy atom. The lowest BCUT2D eigenvalue weighted by molar-refractivity contribution is 0.0956. The minimum absolute atomic E-state index is 0.247. The molecule has 6 heteroatoms. The number of rotatable bonds is 5. The first-order chi connectivity index (χ1) is 12.6. The van der Waals surface area contributed by atoms with Crippen molar-refractivity contribution >= 4 is 35.1 Å². The maximum Gasteiger partial charge on any atom is 0.273 e. The highest BCUT2D eigenvalue weighted by atomic mass is 32.1. The van der Waals surface area contributed by atoms with E-state index in [9.17, 15) is 9.59 Å². The molecule has 2 N–H and O–H groups in total. The van der Waals surface area contributed by atoms with Gasteiger partial charge in [-0.15, -0.1) is 11.3 Å². The molecule has 0 aliphatic carbocycles. The van der Waals surface area contributed by atoms with E-state index in [2.05, 4.69) is 15.8 Å². The van der Waals surface area contributed by atoms with E-state index in [1.807, 2.05) is 36.6 Å². The number of para-hydroxylation sites is 1. The molecule has 0 bridgehead atoms. The van der Waals surface area contributed by atoms with Crippen molar-refractivity contribution in [3.05, 3.63) is 87.6 Å². The molecule has 0 atom stereocenters. The van der Waals surface area contributed by atoms with Gasteiger partial charge in [0, 0.05) is 0 Å². The first-order valence-electron chi connectivity index (χ1n) is 7.97. The number of hydrogen-bond donors (Lipinski definition) is 2. The van der Waals surface area contributed by atoms with Gasteiger partial charge in [0.25, 0.3) is 11.8 Å². The summed E-state index contributed by atoms with van der Waals surface area (Å²) in [6.07, 6.45) is 1.57. The van der Waals surface area contributed by atoms with Gasteiger partial charge in [-0.1, -0.05) is 48.0 Å². The van der Waals surface area contributed by atoms with Crippen molar-refractivity contribution < 1.29 is 9.59 Å². The normalized spacial score (nSPS) is 10.7. The van der Waals surface area contributed by atoms with Crippen molar-refractivity contribution in [1.82, 2.24) is 5.43 Å². The fourth-order valence-electron chi connectivity index (χ4n) is 2.26. The Morgan fingerprint density at radius 3 is 2.46 bits per heavy atom. The molecule has 0 aliphatic rings. The zero-order chi connectivity index (χ0) is 18.4. The van der Waals surface area contributed by atoms with Crippen LogP contribution in [0.1, 0.15) is 31.2 Å². The highest BCUT2D eigenvalue weighted by molar-refractivity contribution is 7.12. The van der Waals surface area contributed by atoms with E-state index in [0.29, 0.717) is 16.1 Å². The average Bonchev–Trinajstić information content (AvgIpc) is 3.18. The Kier molecular flexibility index (Phi) is 5.56. The highest BCUT2D eigenvalue weighted by Crippen LogP contribution is 2.18. The number of nitrogens with one attached hydrogen (secondary N) is 2. The maximum atomic E-state index is 12.4. The molecule has 3 rings (SSSR count). The summed E-state index contributed by atoms with van der Waals surface area (Å²) < 4.78 is 0. The molecule has 2 amide bonds.